The number of benzene rings is 3. The van der Waals surface area contributed by atoms with Gasteiger partial charge in [0.15, 0.2) is 0 Å². The van der Waals surface area contributed by atoms with Gasteiger partial charge in [-0.1, -0.05) is 72.8 Å². The van der Waals surface area contributed by atoms with Crippen LogP contribution < -0.4 is 10.1 Å². The third-order valence-corrected chi connectivity index (χ3v) is 4.92. The molecule has 1 unspecified atom stereocenters. The summed E-state index contributed by atoms with van der Waals surface area (Å²) in [5.74, 6) is 0.899. The van der Waals surface area contributed by atoms with Crippen LogP contribution in [-0.4, -0.2) is 19.2 Å². The molecule has 1 atom stereocenters. The topological polar surface area (TPSA) is 30.5 Å². The Labute approximate surface area is 161 Å². The maximum atomic E-state index is 6.16. The monoisotopic (exact) mass is 359 g/mol. The van der Waals surface area contributed by atoms with Gasteiger partial charge in [-0.3, -0.25) is 0 Å². The molecule has 1 aliphatic rings. The highest BCUT2D eigenvalue weighted by Crippen LogP contribution is 2.33. The summed E-state index contributed by atoms with van der Waals surface area (Å²) in [7, 11) is 0. The molecule has 3 aromatic rings. The van der Waals surface area contributed by atoms with Crippen molar-refractivity contribution in [1.82, 2.24) is 5.32 Å². The summed E-state index contributed by atoms with van der Waals surface area (Å²) in [6.07, 6.45) is 1.39. The zero-order chi connectivity index (χ0) is 18.3. The van der Waals surface area contributed by atoms with Crippen LogP contribution in [0.25, 0.3) is 11.1 Å². The Bertz CT molecular complexity index is 857. The average Bonchev–Trinajstić information content (AvgIpc) is 3.26. The van der Waals surface area contributed by atoms with Crippen LogP contribution in [0.15, 0.2) is 78.9 Å². The third kappa shape index (κ3) is 4.57. The van der Waals surface area contributed by atoms with Crippen molar-refractivity contribution in [3.8, 4) is 16.9 Å². The Kier molecular flexibility index (Phi) is 5.83. The first-order valence-electron chi connectivity index (χ1n) is 9.56. The van der Waals surface area contributed by atoms with Crippen molar-refractivity contribution in [3.05, 3.63) is 90.0 Å². The quantitative estimate of drug-likeness (QED) is 0.657. The summed E-state index contributed by atoms with van der Waals surface area (Å²) < 4.78 is 12.3. The van der Waals surface area contributed by atoms with E-state index < -0.39 is 0 Å². The molecule has 1 fully saturated rings. The molecule has 0 bridgehead atoms. The first kappa shape index (κ1) is 17.8. The molecule has 138 valence electrons. The second-order valence-electron chi connectivity index (χ2n) is 6.85. The van der Waals surface area contributed by atoms with E-state index in [-0.39, 0.29) is 0 Å². The normalized spacial score (nSPS) is 16.4. The fraction of sp³-hybridized carbons (Fsp3) is 0.250. The lowest BCUT2D eigenvalue weighted by molar-refractivity contribution is 0.0545. The predicted octanol–water partition coefficient (Wildman–Crippen LogP) is 4.81. The first-order chi connectivity index (χ1) is 13.4. The number of ether oxygens (including phenoxy) is 2. The Morgan fingerprint density at radius 2 is 1.52 bits per heavy atom. The molecule has 1 saturated heterocycles. The molecule has 0 aromatic heterocycles. The van der Waals surface area contributed by atoms with Crippen LogP contribution in [0.3, 0.4) is 0 Å². The molecule has 0 saturated carbocycles. The summed E-state index contributed by atoms with van der Waals surface area (Å²) in [4.78, 5) is 0. The van der Waals surface area contributed by atoms with Crippen LogP contribution in [0.1, 0.15) is 17.5 Å². The van der Waals surface area contributed by atoms with Gasteiger partial charge in [0.25, 0.3) is 0 Å². The lowest BCUT2D eigenvalue weighted by Crippen LogP contribution is -2.16. The van der Waals surface area contributed by atoms with Gasteiger partial charge < -0.3 is 14.8 Å². The van der Waals surface area contributed by atoms with E-state index in [1.807, 2.05) is 30.3 Å². The van der Waals surface area contributed by atoms with E-state index in [2.05, 4.69) is 53.8 Å². The summed E-state index contributed by atoms with van der Waals surface area (Å²) in [6.45, 7) is 3.17. The molecule has 1 heterocycles. The standard InChI is InChI=1S/C24H25NO2/c1-2-8-19(9-3-1)17-27-24-13-7-6-12-23(24)22-11-5-4-10-20(22)18-26-21-14-15-25-16-21/h1-13,21,25H,14-18H2. The van der Waals surface area contributed by atoms with Gasteiger partial charge in [0.05, 0.1) is 12.7 Å². The highest BCUT2D eigenvalue weighted by Gasteiger charge is 2.16. The van der Waals surface area contributed by atoms with Gasteiger partial charge >= 0.3 is 0 Å². The minimum Gasteiger partial charge on any atom is -0.488 e. The van der Waals surface area contributed by atoms with E-state index in [9.17, 15) is 0 Å². The number of hydrogen-bond acceptors (Lipinski definition) is 3. The molecular weight excluding hydrogens is 334 g/mol. The minimum atomic E-state index is 0.308. The highest BCUT2D eigenvalue weighted by atomic mass is 16.5. The second kappa shape index (κ2) is 8.85. The fourth-order valence-corrected chi connectivity index (χ4v) is 3.44. The fourth-order valence-electron chi connectivity index (χ4n) is 3.44. The average molecular weight is 359 g/mol. The summed E-state index contributed by atoms with van der Waals surface area (Å²) >= 11 is 0. The van der Waals surface area contributed by atoms with E-state index in [0.717, 1.165) is 36.4 Å². The maximum Gasteiger partial charge on any atom is 0.127 e. The summed E-state index contributed by atoms with van der Waals surface area (Å²) in [6, 6.07) is 26.9. The van der Waals surface area contributed by atoms with E-state index in [1.54, 1.807) is 0 Å². The first-order valence-corrected chi connectivity index (χ1v) is 9.56. The zero-order valence-corrected chi connectivity index (χ0v) is 15.4. The molecular formula is C24H25NO2. The van der Waals surface area contributed by atoms with Crippen molar-refractivity contribution in [2.75, 3.05) is 13.1 Å². The number of nitrogens with one attached hydrogen (secondary N) is 1. The molecule has 4 rings (SSSR count). The van der Waals surface area contributed by atoms with E-state index >= 15 is 0 Å². The van der Waals surface area contributed by atoms with Crippen LogP contribution in [-0.2, 0) is 18.0 Å². The van der Waals surface area contributed by atoms with Crippen molar-refractivity contribution >= 4 is 0 Å². The molecule has 1 aliphatic heterocycles. The highest BCUT2D eigenvalue weighted by molar-refractivity contribution is 5.73. The predicted molar refractivity (Wildman–Crippen MR) is 109 cm³/mol. The van der Waals surface area contributed by atoms with Crippen LogP contribution in [0.2, 0.25) is 0 Å². The van der Waals surface area contributed by atoms with Crippen LogP contribution in [0.4, 0.5) is 0 Å². The maximum absolute atomic E-state index is 6.16. The van der Waals surface area contributed by atoms with Gasteiger partial charge in [-0.05, 0) is 35.7 Å². The zero-order valence-electron chi connectivity index (χ0n) is 15.4. The summed E-state index contributed by atoms with van der Waals surface area (Å²) in [5.41, 5.74) is 4.64. The van der Waals surface area contributed by atoms with Gasteiger partial charge in [-0.15, -0.1) is 0 Å². The van der Waals surface area contributed by atoms with Crippen LogP contribution in [0.5, 0.6) is 5.75 Å². The van der Waals surface area contributed by atoms with E-state index in [0.29, 0.717) is 19.3 Å². The van der Waals surface area contributed by atoms with Crippen molar-refractivity contribution in [2.24, 2.45) is 0 Å². The molecule has 0 spiro atoms. The van der Waals surface area contributed by atoms with E-state index in [1.165, 1.54) is 11.1 Å². The Morgan fingerprint density at radius 1 is 0.778 bits per heavy atom. The lowest BCUT2D eigenvalue weighted by Gasteiger charge is -2.16. The van der Waals surface area contributed by atoms with Gasteiger partial charge in [0, 0.05) is 12.1 Å². The SMILES string of the molecule is c1ccc(COc2ccccc2-c2ccccc2COC2CCNC2)cc1. The molecule has 3 nitrogen and oxygen atoms in total. The molecule has 27 heavy (non-hydrogen) atoms. The minimum absolute atomic E-state index is 0.308. The van der Waals surface area contributed by atoms with Gasteiger partial charge in [-0.25, -0.2) is 0 Å². The molecule has 0 aliphatic carbocycles. The van der Waals surface area contributed by atoms with Crippen molar-refractivity contribution in [3.63, 3.8) is 0 Å². The number of rotatable bonds is 7. The smallest absolute Gasteiger partial charge is 0.127 e. The van der Waals surface area contributed by atoms with Gasteiger partial charge in [-0.2, -0.15) is 0 Å². The number of para-hydroxylation sites is 1. The molecule has 3 aromatic carbocycles. The Morgan fingerprint density at radius 3 is 2.33 bits per heavy atom. The van der Waals surface area contributed by atoms with Crippen LogP contribution in [0, 0.1) is 0 Å². The second-order valence-corrected chi connectivity index (χ2v) is 6.85. The molecule has 0 amide bonds. The third-order valence-electron chi connectivity index (χ3n) is 4.92. The van der Waals surface area contributed by atoms with E-state index in [4.69, 9.17) is 9.47 Å². The largest absolute Gasteiger partial charge is 0.488 e. The molecule has 3 heteroatoms. The lowest BCUT2D eigenvalue weighted by atomic mass is 9.99. The summed E-state index contributed by atoms with van der Waals surface area (Å²) in [5, 5.41) is 3.35. The Hall–Kier alpha value is -2.62. The number of hydrogen-bond donors (Lipinski definition) is 1. The van der Waals surface area contributed by atoms with Crippen molar-refractivity contribution < 1.29 is 9.47 Å². The van der Waals surface area contributed by atoms with Crippen molar-refractivity contribution in [1.29, 1.82) is 0 Å². The molecule has 0 radical (unpaired) electrons. The Balaban J connectivity index is 1.54. The molecule has 1 N–H and O–H groups in total. The van der Waals surface area contributed by atoms with Gasteiger partial charge in [0.2, 0.25) is 0 Å². The van der Waals surface area contributed by atoms with Crippen LogP contribution >= 0.6 is 0 Å². The van der Waals surface area contributed by atoms with Crippen molar-refractivity contribution in [2.45, 2.75) is 25.7 Å². The van der Waals surface area contributed by atoms with Gasteiger partial charge in [0.1, 0.15) is 12.4 Å².